The Hall–Kier alpha value is -1.32. The normalized spacial score (nSPS) is 22.7. The molecule has 0 aliphatic carbocycles. The lowest BCUT2D eigenvalue weighted by molar-refractivity contribution is -0.0841. The predicted molar refractivity (Wildman–Crippen MR) is 78.3 cm³/mol. The first-order valence-corrected chi connectivity index (χ1v) is 6.89. The summed E-state index contributed by atoms with van der Waals surface area (Å²) in [5, 5.41) is 10.3. The quantitative estimate of drug-likeness (QED) is 0.827. The van der Waals surface area contributed by atoms with Crippen LogP contribution in [0.3, 0.4) is 0 Å². The van der Waals surface area contributed by atoms with Gasteiger partial charge in [-0.2, -0.15) is 0 Å². The van der Waals surface area contributed by atoms with Crippen molar-refractivity contribution in [3.05, 3.63) is 42.5 Å². The molecule has 2 rings (SSSR count). The van der Waals surface area contributed by atoms with Crippen molar-refractivity contribution in [3.8, 4) is 0 Å². The van der Waals surface area contributed by atoms with Crippen LogP contribution in [0.5, 0.6) is 0 Å². The molecule has 0 bridgehead atoms. The summed E-state index contributed by atoms with van der Waals surface area (Å²) in [5.41, 5.74) is 1.56. The molecule has 0 amide bonds. The number of aliphatic hydroxyl groups excluding tert-OH is 1. The van der Waals surface area contributed by atoms with Crippen LogP contribution in [0.25, 0.3) is 0 Å². The third kappa shape index (κ3) is 2.17. The number of benzene rings is 1. The second-order valence-corrected chi connectivity index (χ2v) is 5.12. The number of hydrogen-bond donors (Lipinski definition) is 1. The molecule has 0 spiro atoms. The second-order valence-electron chi connectivity index (χ2n) is 5.12. The van der Waals surface area contributed by atoms with Crippen molar-refractivity contribution >= 4 is 5.69 Å². The average Bonchev–Trinajstić information content (AvgIpc) is 2.72. The molecule has 3 unspecified atom stereocenters. The Labute approximate surface area is 115 Å². The van der Waals surface area contributed by atoms with Crippen molar-refractivity contribution in [1.82, 2.24) is 0 Å². The Bertz CT molecular complexity index is 458. The lowest BCUT2D eigenvalue weighted by Crippen LogP contribution is -2.58. The van der Waals surface area contributed by atoms with Crippen molar-refractivity contribution in [2.24, 2.45) is 0 Å². The highest BCUT2D eigenvalue weighted by Crippen LogP contribution is 2.40. The lowest BCUT2D eigenvalue weighted by Gasteiger charge is -2.45. The van der Waals surface area contributed by atoms with Gasteiger partial charge in [-0.3, -0.25) is 0 Å². The maximum Gasteiger partial charge on any atom is 0.186 e. The smallest absolute Gasteiger partial charge is 0.186 e. The molecule has 1 aromatic carbocycles. The van der Waals surface area contributed by atoms with E-state index < -0.39 is 11.8 Å². The monoisotopic (exact) mass is 261 g/mol. The van der Waals surface area contributed by atoms with Crippen molar-refractivity contribution in [1.29, 1.82) is 0 Å². The van der Waals surface area contributed by atoms with E-state index in [2.05, 4.69) is 30.5 Å². The van der Waals surface area contributed by atoms with Gasteiger partial charge < -0.3 is 14.7 Å². The zero-order chi connectivity index (χ0) is 14.0. The predicted octanol–water partition coefficient (Wildman–Crippen LogP) is 2.74. The summed E-state index contributed by atoms with van der Waals surface area (Å²) < 4.78 is 5.91. The highest BCUT2D eigenvalue weighted by Gasteiger charge is 2.45. The number of rotatable bonds is 5. The van der Waals surface area contributed by atoms with Gasteiger partial charge in [0.05, 0.1) is 0 Å². The van der Waals surface area contributed by atoms with Crippen LogP contribution >= 0.6 is 0 Å². The fourth-order valence-electron chi connectivity index (χ4n) is 3.05. The number of aliphatic hydroxyl groups is 1. The highest BCUT2D eigenvalue weighted by molar-refractivity contribution is 5.62. The summed E-state index contributed by atoms with van der Waals surface area (Å²) >= 11 is 0. The standard InChI is InChI=1S/C16H23NO2/c1-5-16(13(4)18,19-6-2)17-12(3)11-14-9-7-8-10-15(14)17/h5,7-10,12-13,18H,1,6,11H2,2-4H3. The molecule has 1 aromatic rings. The van der Waals surface area contributed by atoms with Crippen LogP contribution in [0, 0.1) is 0 Å². The zero-order valence-corrected chi connectivity index (χ0v) is 12.0. The average molecular weight is 261 g/mol. The van der Waals surface area contributed by atoms with Crippen molar-refractivity contribution in [3.63, 3.8) is 0 Å². The van der Waals surface area contributed by atoms with E-state index in [1.165, 1.54) is 5.56 Å². The van der Waals surface area contributed by atoms with Crippen LogP contribution in [0.4, 0.5) is 5.69 Å². The lowest BCUT2D eigenvalue weighted by atomic mass is 10.0. The second kappa shape index (κ2) is 5.35. The van der Waals surface area contributed by atoms with Gasteiger partial charge in [0, 0.05) is 18.3 Å². The molecular formula is C16H23NO2. The third-order valence-corrected chi connectivity index (χ3v) is 3.85. The van der Waals surface area contributed by atoms with Crippen LogP contribution in [-0.2, 0) is 11.2 Å². The molecule has 3 atom stereocenters. The molecule has 1 heterocycles. The van der Waals surface area contributed by atoms with Gasteiger partial charge >= 0.3 is 0 Å². The molecule has 104 valence electrons. The molecule has 0 fully saturated rings. The Balaban J connectivity index is 2.50. The van der Waals surface area contributed by atoms with E-state index in [9.17, 15) is 5.11 Å². The van der Waals surface area contributed by atoms with E-state index in [1.54, 1.807) is 13.0 Å². The first kappa shape index (κ1) is 14.1. The fourth-order valence-corrected chi connectivity index (χ4v) is 3.05. The minimum Gasteiger partial charge on any atom is -0.388 e. The topological polar surface area (TPSA) is 32.7 Å². The summed E-state index contributed by atoms with van der Waals surface area (Å²) in [4.78, 5) is 2.16. The zero-order valence-electron chi connectivity index (χ0n) is 12.0. The van der Waals surface area contributed by atoms with E-state index in [0.717, 1.165) is 12.1 Å². The van der Waals surface area contributed by atoms with E-state index in [4.69, 9.17) is 4.74 Å². The van der Waals surface area contributed by atoms with Crippen molar-refractivity contribution in [2.75, 3.05) is 11.5 Å². The number of fused-ring (bicyclic) bond motifs is 1. The Morgan fingerprint density at radius 2 is 2.26 bits per heavy atom. The molecule has 19 heavy (non-hydrogen) atoms. The van der Waals surface area contributed by atoms with Gasteiger partial charge in [-0.1, -0.05) is 24.8 Å². The third-order valence-electron chi connectivity index (χ3n) is 3.85. The maximum atomic E-state index is 10.3. The number of anilines is 1. The van der Waals surface area contributed by atoms with Crippen LogP contribution in [0.15, 0.2) is 36.9 Å². The molecule has 0 aromatic heterocycles. The first-order chi connectivity index (χ1) is 9.06. The number of para-hydroxylation sites is 1. The highest BCUT2D eigenvalue weighted by atomic mass is 16.5. The summed E-state index contributed by atoms with van der Waals surface area (Å²) in [6.07, 6.45) is 2.03. The minimum absolute atomic E-state index is 0.275. The summed E-state index contributed by atoms with van der Waals surface area (Å²) in [5.74, 6) is 0. The molecular weight excluding hydrogens is 238 g/mol. The number of nitrogens with zero attached hydrogens (tertiary/aromatic N) is 1. The molecule has 1 N–H and O–H groups in total. The molecule has 0 saturated carbocycles. The first-order valence-electron chi connectivity index (χ1n) is 6.89. The number of ether oxygens (including phenoxy) is 1. The Morgan fingerprint density at radius 1 is 1.58 bits per heavy atom. The van der Waals surface area contributed by atoms with Gasteiger partial charge in [0.1, 0.15) is 6.10 Å². The molecule has 1 aliphatic heterocycles. The van der Waals surface area contributed by atoms with Crippen molar-refractivity contribution in [2.45, 2.75) is 45.1 Å². The van der Waals surface area contributed by atoms with Gasteiger partial charge in [0.2, 0.25) is 0 Å². The molecule has 3 heteroatoms. The molecule has 3 nitrogen and oxygen atoms in total. The fraction of sp³-hybridized carbons (Fsp3) is 0.500. The van der Waals surface area contributed by atoms with Crippen LogP contribution in [-0.4, -0.2) is 29.6 Å². The maximum absolute atomic E-state index is 10.3. The van der Waals surface area contributed by atoms with Crippen LogP contribution in [0.2, 0.25) is 0 Å². The van der Waals surface area contributed by atoms with Gasteiger partial charge in [0.25, 0.3) is 0 Å². The van der Waals surface area contributed by atoms with E-state index >= 15 is 0 Å². The van der Waals surface area contributed by atoms with Gasteiger partial charge in [0.15, 0.2) is 5.72 Å². The molecule has 1 aliphatic rings. The van der Waals surface area contributed by atoms with Crippen molar-refractivity contribution < 1.29 is 9.84 Å². The molecule has 0 radical (unpaired) electrons. The van der Waals surface area contributed by atoms with E-state index in [-0.39, 0.29) is 6.04 Å². The van der Waals surface area contributed by atoms with E-state index in [1.807, 2.05) is 19.1 Å². The summed E-state index contributed by atoms with van der Waals surface area (Å²) in [6, 6.07) is 8.56. The largest absolute Gasteiger partial charge is 0.388 e. The Kier molecular flexibility index (Phi) is 3.97. The minimum atomic E-state index is -0.860. The number of hydrogen-bond acceptors (Lipinski definition) is 3. The Morgan fingerprint density at radius 3 is 2.84 bits per heavy atom. The van der Waals surface area contributed by atoms with Gasteiger partial charge in [-0.25, -0.2) is 0 Å². The summed E-state index contributed by atoms with van der Waals surface area (Å²) in [7, 11) is 0. The SMILES string of the molecule is C=CC(OCC)(C(C)O)N1c2ccccc2CC1C. The molecule has 0 saturated heterocycles. The summed E-state index contributed by atoms with van der Waals surface area (Å²) in [6.45, 7) is 10.3. The van der Waals surface area contributed by atoms with Crippen LogP contribution in [0.1, 0.15) is 26.3 Å². The van der Waals surface area contributed by atoms with Gasteiger partial charge in [-0.05, 0) is 44.9 Å². The van der Waals surface area contributed by atoms with Gasteiger partial charge in [-0.15, -0.1) is 0 Å². The van der Waals surface area contributed by atoms with Crippen LogP contribution < -0.4 is 4.90 Å². The van der Waals surface area contributed by atoms with E-state index in [0.29, 0.717) is 6.61 Å².